The van der Waals surface area contributed by atoms with Crippen molar-refractivity contribution in [3.63, 3.8) is 0 Å². The highest BCUT2D eigenvalue weighted by Gasteiger charge is 2.42. The number of halogens is 3. The van der Waals surface area contributed by atoms with Crippen LogP contribution in [0.25, 0.3) is 0 Å². The van der Waals surface area contributed by atoms with Gasteiger partial charge >= 0.3 is 6.18 Å². The predicted octanol–water partition coefficient (Wildman–Crippen LogP) is 1.31. The van der Waals surface area contributed by atoms with E-state index in [9.17, 15) is 18.0 Å². The van der Waals surface area contributed by atoms with Gasteiger partial charge in [0.2, 0.25) is 5.91 Å². The molecule has 0 N–H and O–H groups in total. The lowest BCUT2D eigenvalue weighted by Crippen LogP contribution is -2.37. The lowest BCUT2D eigenvalue weighted by Gasteiger charge is -2.21. The second kappa shape index (κ2) is 4.71. The third kappa shape index (κ3) is 2.91. The van der Waals surface area contributed by atoms with Gasteiger partial charge in [-0.2, -0.15) is 13.2 Å². The molecule has 0 bridgehead atoms. The fourth-order valence-electron chi connectivity index (χ4n) is 2.22. The summed E-state index contributed by atoms with van der Waals surface area (Å²) in [4.78, 5) is 12.9. The summed E-state index contributed by atoms with van der Waals surface area (Å²) in [7, 11) is 0. The Bertz CT molecular complexity index is 505. The lowest BCUT2D eigenvalue weighted by molar-refractivity contribution is -0.158. The first-order valence-electron chi connectivity index (χ1n) is 6.23. The molecule has 6 nitrogen and oxygen atoms in total. The van der Waals surface area contributed by atoms with Crippen LogP contribution in [0.4, 0.5) is 13.2 Å². The van der Waals surface area contributed by atoms with Gasteiger partial charge in [0.15, 0.2) is 5.82 Å². The summed E-state index contributed by atoms with van der Waals surface area (Å²) in [6, 6.07) is -0.749. The van der Waals surface area contributed by atoms with Crippen LogP contribution in [0, 0.1) is 0 Å². The number of hydrogen-bond acceptors (Lipinski definition) is 4. The van der Waals surface area contributed by atoms with Crippen molar-refractivity contribution >= 4 is 5.91 Å². The minimum atomic E-state index is -4.39. The summed E-state index contributed by atoms with van der Waals surface area (Å²) >= 11 is 0. The molecule has 0 unspecified atom stereocenters. The van der Waals surface area contributed by atoms with Crippen LogP contribution in [-0.2, 0) is 10.2 Å². The molecule has 2 rings (SSSR count). The van der Waals surface area contributed by atoms with Gasteiger partial charge in [-0.05, 0) is 16.8 Å². The maximum absolute atomic E-state index is 12.4. The molecule has 9 heteroatoms. The summed E-state index contributed by atoms with van der Waals surface area (Å²) in [5.74, 6) is -0.0927. The van der Waals surface area contributed by atoms with Crippen molar-refractivity contribution in [1.82, 2.24) is 25.1 Å². The van der Waals surface area contributed by atoms with Crippen LogP contribution in [0.1, 0.15) is 39.1 Å². The van der Waals surface area contributed by atoms with Gasteiger partial charge in [0.1, 0.15) is 12.6 Å². The first kappa shape index (κ1) is 14.7. The molecule has 1 amide bonds. The van der Waals surface area contributed by atoms with Gasteiger partial charge in [0.05, 0.1) is 0 Å². The van der Waals surface area contributed by atoms with E-state index < -0.39 is 24.7 Å². The van der Waals surface area contributed by atoms with E-state index in [-0.39, 0.29) is 18.4 Å². The molecule has 0 aromatic carbocycles. The highest BCUT2D eigenvalue weighted by Crippen LogP contribution is 2.29. The number of amides is 1. The molecule has 0 spiro atoms. The number of hydrogen-bond donors (Lipinski definition) is 0. The van der Waals surface area contributed by atoms with E-state index in [0.717, 1.165) is 4.90 Å². The fraction of sp³-hybridized carbons (Fsp3) is 0.818. The maximum Gasteiger partial charge on any atom is 0.406 e. The second-order valence-corrected chi connectivity index (χ2v) is 5.88. The monoisotopic (exact) mass is 291 g/mol. The molecular formula is C11H16F3N5O. The van der Waals surface area contributed by atoms with Crippen molar-refractivity contribution in [2.24, 2.45) is 0 Å². The smallest absolute Gasteiger partial charge is 0.332 e. The summed E-state index contributed by atoms with van der Waals surface area (Å²) in [5.41, 5.74) is -0.388. The Morgan fingerprint density at radius 1 is 1.30 bits per heavy atom. The van der Waals surface area contributed by atoms with E-state index in [1.165, 1.54) is 4.68 Å². The summed E-state index contributed by atoms with van der Waals surface area (Å²) in [5, 5.41) is 11.2. The molecule has 1 aromatic heterocycles. The molecule has 112 valence electrons. The van der Waals surface area contributed by atoms with Gasteiger partial charge in [-0.15, -0.1) is 5.10 Å². The fourth-order valence-corrected chi connectivity index (χ4v) is 2.22. The van der Waals surface area contributed by atoms with E-state index in [0.29, 0.717) is 5.82 Å². The van der Waals surface area contributed by atoms with Crippen LogP contribution < -0.4 is 0 Å². The quantitative estimate of drug-likeness (QED) is 0.824. The van der Waals surface area contributed by atoms with Crippen molar-refractivity contribution in [2.45, 2.75) is 44.8 Å². The number of tetrazole rings is 1. The van der Waals surface area contributed by atoms with E-state index in [1.54, 1.807) is 0 Å². The van der Waals surface area contributed by atoms with Gasteiger partial charge in [0, 0.05) is 12.0 Å². The SMILES string of the molecule is CC(C)(C)c1nnnn1[C@@H]1CCN(CC(F)(F)F)C1=O. The molecule has 20 heavy (non-hydrogen) atoms. The highest BCUT2D eigenvalue weighted by molar-refractivity contribution is 5.82. The van der Waals surface area contributed by atoms with Crippen LogP contribution in [-0.4, -0.2) is 50.3 Å². The van der Waals surface area contributed by atoms with Crippen molar-refractivity contribution in [3.8, 4) is 0 Å². The maximum atomic E-state index is 12.4. The summed E-state index contributed by atoms with van der Waals surface area (Å²) < 4.78 is 38.5. The number of rotatable bonds is 2. The Kier molecular flexibility index (Phi) is 3.47. The third-order valence-electron chi connectivity index (χ3n) is 3.10. The van der Waals surface area contributed by atoms with Gasteiger partial charge in [-0.25, -0.2) is 4.68 Å². The average Bonchev–Trinajstić information content (AvgIpc) is 2.84. The molecule has 1 aromatic rings. The van der Waals surface area contributed by atoms with E-state index in [2.05, 4.69) is 15.5 Å². The molecule has 1 fully saturated rings. The average molecular weight is 291 g/mol. The zero-order valence-corrected chi connectivity index (χ0v) is 11.5. The number of nitrogens with zero attached hydrogens (tertiary/aromatic N) is 5. The minimum Gasteiger partial charge on any atom is -0.332 e. The van der Waals surface area contributed by atoms with Crippen molar-refractivity contribution < 1.29 is 18.0 Å². The molecule has 1 saturated heterocycles. The van der Waals surface area contributed by atoms with Gasteiger partial charge in [-0.1, -0.05) is 20.8 Å². The van der Waals surface area contributed by atoms with Gasteiger partial charge in [0.25, 0.3) is 0 Å². The van der Waals surface area contributed by atoms with Crippen molar-refractivity contribution in [1.29, 1.82) is 0 Å². The number of alkyl halides is 3. The Morgan fingerprint density at radius 3 is 2.50 bits per heavy atom. The van der Waals surface area contributed by atoms with E-state index in [1.807, 2.05) is 20.8 Å². The number of carbonyl (C=O) groups is 1. The second-order valence-electron chi connectivity index (χ2n) is 5.88. The minimum absolute atomic E-state index is 0.0620. The zero-order chi connectivity index (χ0) is 15.1. The molecular weight excluding hydrogens is 275 g/mol. The largest absolute Gasteiger partial charge is 0.406 e. The highest BCUT2D eigenvalue weighted by atomic mass is 19.4. The number of likely N-dealkylation sites (tertiary alicyclic amines) is 1. The number of carbonyl (C=O) groups excluding carboxylic acids is 1. The first-order valence-corrected chi connectivity index (χ1v) is 6.23. The first-order chi connectivity index (χ1) is 9.09. The number of aromatic nitrogens is 4. The van der Waals surface area contributed by atoms with Crippen LogP contribution in [0.15, 0.2) is 0 Å². The van der Waals surface area contributed by atoms with Crippen molar-refractivity contribution in [2.75, 3.05) is 13.1 Å². The Morgan fingerprint density at radius 2 is 1.95 bits per heavy atom. The summed E-state index contributed by atoms with van der Waals surface area (Å²) in [6.07, 6.45) is -4.11. The normalized spacial score (nSPS) is 20.8. The molecule has 0 aliphatic carbocycles. The Hall–Kier alpha value is -1.67. The Balaban J connectivity index is 2.20. The van der Waals surface area contributed by atoms with E-state index >= 15 is 0 Å². The molecule has 0 radical (unpaired) electrons. The lowest BCUT2D eigenvalue weighted by atomic mass is 9.95. The van der Waals surface area contributed by atoms with Crippen LogP contribution in [0.3, 0.4) is 0 Å². The Labute approximate surface area is 113 Å². The molecule has 0 saturated carbocycles. The standard InChI is InChI=1S/C11H16F3N5O/c1-10(2,3)9-15-16-17-19(9)7-4-5-18(8(7)20)6-11(12,13)14/h7H,4-6H2,1-3H3/t7-/m1/s1. The topological polar surface area (TPSA) is 63.9 Å². The van der Waals surface area contributed by atoms with Crippen LogP contribution >= 0.6 is 0 Å². The molecule has 1 aliphatic rings. The molecule has 1 atom stereocenters. The van der Waals surface area contributed by atoms with Crippen LogP contribution in [0.2, 0.25) is 0 Å². The van der Waals surface area contributed by atoms with Crippen LogP contribution in [0.5, 0.6) is 0 Å². The van der Waals surface area contributed by atoms with E-state index in [4.69, 9.17) is 0 Å². The van der Waals surface area contributed by atoms with Gasteiger partial charge < -0.3 is 4.90 Å². The van der Waals surface area contributed by atoms with Gasteiger partial charge in [-0.3, -0.25) is 4.79 Å². The van der Waals surface area contributed by atoms with Crippen molar-refractivity contribution in [3.05, 3.63) is 5.82 Å². The summed E-state index contributed by atoms with van der Waals surface area (Å²) in [6.45, 7) is 4.47. The zero-order valence-electron chi connectivity index (χ0n) is 11.5. The molecule has 2 heterocycles. The third-order valence-corrected chi connectivity index (χ3v) is 3.10. The predicted molar refractivity (Wildman–Crippen MR) is 62.8 cm³/mol. The molecule has 1 aliphatic heterocycles.